The van der Waals surface area contributed by atoms with Crippen molar-refractivity contribution in [3.05, 3.63) is 29.8 Å². The molecule has 1 nitrogen and oxygen atoms in total. The van der Waals surface area contributed by atoms with Gasteiger partial charge in [-0.2, -0.15) is 0 Å². The number of hydrogen-bond acceptors (Lipinski definition) is 1. The van der Waals surface area contributed by atoms with Gasteiger partial charge in [0.15, 0.2) is 0 Å². The minimum atomic E-state index is 0.240. The zero-order chi connectivity index (χ0) is 6.97. The zero-order valence-corrected chi connectivity index (χ0v) is 5.67. The van der Waals surface area contributed by atoms with E-state index >= 15 is 0 Å². The van der Waals surface area contributed by atoms with Gasteiger partial charge in [-0.25, -0.2) is 0 Å². The van der Waals surface area contributed by atoms with Gasteiger partial charge in [-0.15, -0.1) is 0 Å². The molecule has 1 aliphatic rings. The average molecular weight is 133 g/mol. The molecule has 1 fully saturated rings. The molecule has 0 atom stereocenters. The van der Waals surface area contributed by atoms with Gasteiger partial charge in [-0.3, -0.25) is 0 Å². The summed E-state index contributed by atoms with van der Waals surface area (Å²) < 4.78 is 0. The van der Waals surface area contributed by atoms with Crippen LogP contribution < -0.4 is 0 Å². The average Bonchev–Trinajstić information content (AvgIpc) is 2.71. The van der Waals surface area contributed by atoms with E-state index in [1.807, 2.05) is 12.1 Å². The molecule has 1 heteroatoms. The van der Waals surface area contributed by atoms with Crippen LogP contribution in [0.4, 0.5) is 0 Å². The summed E-state index contributed by atoms with van der Waals surface area (Å²) in [5.41, 5.74) is 1.32. The number of benzene rings is 1. The molecule has 1 aromatic carbocycles. The van der Waals surface area contributed by atoms with Crippen LogP contribution in [0.15, 0.2) is 18.2 Å². The Morgan fingerprint density at radius 3 is 2.70 bits per heavy atom. The Bertz CT molecular complexity index is 221. The first kappa shape index (κ1) is 5.78. The van der Waals surface area contributed by atoms with Gasteiger partial charge >= 0.3 is 0 Å². The maximum Gasteiger partial charge on any atom is 0.123 e. The van der Waals surface area contributed by atoms with Crippen LogP contribution in [-0.4, -0.2) is 5.11 Å². The van der Waals surface area contributed by atoms with E-state index in [1.54, 1.807) is 6.07 Å². The first-order chi connectivity index (χ1) is 4.86. The Labute approximate surface area is 60.3 Å². The molecule has 1 radical (unpaired) electrons. The maximum absolute atomic E-state index is 8.90. The fourth-order valence-corrected chi connectivity index (χ4v) is 1.10. The van der Waals surface area contributed by atoms with E-state index < -0.39 is 0 Å². The summed E-state index contributed by atoms with van der Waals surface area (Å²) in [5.74, 6) is 1.00. The second-order valence-electron chi connectivity index (χ2n) is 2.78. The third-order valence-corrected chi connectivity index (χ3v) is 1.87. The van der Waals surface area contributed by atoms with Crippen molar-refractivity contribution in [2.75, 3.05) is 0 Å². The van der Waals surface area contributed by atoms with Crippen molar-refractivity contribution >= 4 is 0 Å². The molecule has 51 valence electrons. The van der Waals surface area contributed by atoms with E-state index in [-0.39, 0.29) is 5.75 Å². The van der Waals surface area contributed by atoms with Crippen molar-refractivity contribution in [2.24, 2.45) is 0 Å². The lowest BCUT2D eigenvalue weighted by atomic mass is 10.1. The lowest BCUT2D eigenvalue weighted by Gasteiger charge is -1.95. The number of aromatic hydroxyl groups is 1. The number of hydrogen-bond donors (Lipinski definition) is 1. The van der Waals surface area contributed by atoms with Gasteiger partial charge in [0.2, 0.25) is 0 Å². The van der Waals surface area contributed by atoms with Gasteiger partial charge in [0.05, 0.1) is 0 Å². The molecule has 0 heterocycles. The van der Waals surface area contributed by atoms with E-state index in [0.29, 0.717) is 0 Å². The van der Waals surface area contributed by atoms with E-state index in [9.17, 15) is 0 Å². The molecule has 10 heavy (non-hydrogen) atoms. The number of phenols is 1. The van der Waals surface area contributed by atoms with Gasteiger partial charge in [0.25, 0.3) is 0 Å². The summed E-state index contributed by atoms with van der Waals surface area (Å²) in [6, 6.07) is 8.34. The van der Waals surface area contributed by atoms with Gasteiger partial charge in [0.1, 0.15) is 5.75 Å². The number of rotatable bonds is 1. The summed E-state index contributed by atoms with van der Waals surface area (Å²) in [5, 5.41) is 8.90. The molecule has 0 bridgehead atoms. The van der Waals surface area contributed by atoms with Crippen LogP contribution in [0, 0.1) is 6.07 Å². The van der Waals surface area contributed by atoms with Crippen molar-refractivity contribution in [3.8, 4) is 5.75 Å². The fourth-order valence-electron chi connectivity index (χ4n) is 1.10. The molecule has 1 saturated carbocycles. The highest BCUT2D eigenvalue weighted by molar-refractivity contribution is 5.29. The Hall–Kier alpha value is -0.980. The highest BCUT2D eigenvalue weighted by atomic mass is 16.3. The predicted octanol–water partition coefficient (Wildman–Crippen LogP) is 2.07. The van der Waals surface area contributed by atoms with Gasteiger partial charge in [0, 0.05) is 6.07 Å². The van der Waals surface area contributed by atoms with Crippen molar-refractivity contribution in [3.63, 3.8) is 0 Å². The summed E-state index contributed by atoms with van der Waals surface area (Å²) in [6.45, 7) is 0. The largest absolute Gasteiger partial charge is 0.507 e. The van der Waals surface area contributed by atoms with Crippen LogP contribution >= 0.6 is 0 Å². The van der Waals surface area contributed by atoms with Crippen LogP contribution in [-0.2, 0) is 0 Å². The second-order valence-corrected chi connectivity index (χ2v) is 2.78. The van der Waals surface area contributed by atoms with Crippen LogP contribution in [0.2, 0.25) is 0 Å². The Kier molecular flexibility index (Phi) is 1.16. The van der Waals surface area contributed by atoms with E-state index in [4.69, 9.17) is 5.11 Å². The molecule has 0 unspecified atom stereocenters. The molecule has 1 aliphatic carbocycles. The van der Waals surface area contributed by atoms with Gasteiger partial charge in [-0.05, 0) is 36.5 Å². The first-order valence-corrected chi connectivity index (χ1v) is 3.57. The lowest BCUT2D eigenvalue weighted by Crippen LogP contribution is -1.75. The molecule has 0 saturated heterocycles. The first-order valence-electron chi connectivity index (χ1n) is 3.57. The second kappa shape index (κ2) is 2.01. The van der Waals surface area contributed by atoms with Crippen LogP contribution in [0.1, 0.15) is 24.3 Å². The molecular formula is C9H9O. The SMILES string of the molecule is Oc1[c]cc(C2CC2)cc1. The van der Waals surface area contributed by atoms with Crippen molar-refractivity contribution in [2.45, 2.75) is 18.8 Å². The van der Waals surface area contributed by atoms with Crippen molar-refractivity contribution in [1.29, 1.82) is 0 Å². The van der Waals surface area contributed by atoms with E-state index in [0.717, 1.165) is 5.92 Å². The number of phenolic OH excluding ortho intramolecular Hbond substituents is 1. The maximum atomic E-state index is 8.90. The molecule has 1 aromatic rings. The van der Waals surface area contributed by atoms with E-state index in [2.05, 4.69) is 6.07 Å². The quantitative estimate of drug-likeness (QED) is 0.621. The minimum Gasteiger partial charge on any atom is -0.507 e. The van der Waals surface area contributed by atoms with Crippen molar-refractivity contribution < 1.29 is 5.11 Å². The molecule has 1 N–H and O–H groups in total. The summed E-state index contributed by atoms with van der Waals surface area (Å²) >= 11 is 0. The topological polar surface area (TPSA) is 20.2 Å². The summed E-state index contributed by atoms with van der Waals surface area (Å²) in [4.78, 5) is 0. The summed E-state index contributed by atoms with van der Waals surface area (Å²) in [7, 11) is 0. The summed E-state index contributed by atoms with van der Waals surface area (Å²) in [6.07, 6.45) is 2.61. The fraction of sp³-hybridized carbons (Fsp3) is 0.333. The predicted molar refractivity (Wildman–Crippen MR) is 38.9 cm³/mol. The van der Waals surface area contributed by atoms with Crippen LogP contribution in [0.5, 0.6) is 5.75 Å². The Morgan fingerprint density at radius 2 is 2.20 bits per heavy atom. The standard InChI is InChI=1S/C9H9O/c10-9-5-3-8(4-6-9)7-1-2-7/h3-5,7,10H,1-2H2. The molecule has 0 spiro atoms. The van der Waals surface area contributed by atoms with Crippen LogP contribution in [0.3, 0.4) is 0 Å². The molecule has 0 aliphatic heterocycles. The molecule has 0 amide bonds. The monoisotopic (exact) mass is 133 g/mol. The Balaban J connectivity index is 2.28. The molecule has 2 rings (SSSR count). The lowest BCUT2D eigenvalue weighted by molar-refractivity contribution is 0.474. The smallest absolute Gasteiger partial charge is 0.123 e. The minimum absolute atomic E-state index is 0.240. The van der Waals surface area contributed by atoms with E-state index in [1.165, 1.54) is 18.4 Å². The Morgan fingerprint density at radius 1 is 1.40 bits per heavy atom. The molecule has 0 aromatic heterocycles. The molecular weight excluding hydrogens is 124 g/mol. The highest BCUT2D eigenvalue weighted by Gasteiger charge is 2.22. The highest BCUT2D eigenvalue weighted by Crippen LogP contribution is 2.40. The third-order valence-electron chi connectivity index (χ3n) is 1.87. The van der Waals surface area contributed by atoms with Crippen molar-refractivity contribution in [1.82, 2.24) is 0 Å². The van der Waals surface area contributed by atoms with Gasteiger partial charge in [-0.1, -0.05) is 6.07 Å². The zero-order valence-electron chi connectivity index (χ0n) is 5.67. The third kappa shape index (κ3) is 0.991. The normalized spacial score (nSPS) is 17.2. The van der Waals surface area contributed by atoms with Gasteiger partial charge < -0.3 is 5.11 Å². The van der Waals surface area contributed by atoms with Crippen LogP contribution in [0.25, 0.3) is 0 Å².